The molecule has 13 heavy (non-hydrogen) atoms. The molecular weight excluding hydrogens is 176 g/mol. The van der Waals surface area contributed by atoms with E-state index in [0.717, 1.165) is 6.07 Å². The number of aromatic carboxylic acids is 1. The number of nitrogens with two attached hydrogens (primary N) is 1. The number of quaternary nitrogens is 1. The summed E-state index contributed by atoms with van der Waals surface area (Å²) in [6, 6.07) is 3.63. The summed E-state index contributed by atoms with van der Waals surface area (Å²) in [4.78, 5) is 10.6. The van der Waals surface area contributed by atoms with Gasteiger partial charge in [-0.1, -0.05) is 0 Å². The molecule has 5 N–H and O–H groups in total. The Labute approximate surface area is 73.3 Å². The van der Waals surface area contributed by atoms with Crippen LogP contribution >= 0.6 is 0 Å². The predicted octanol–water partition coefficient (Wildman–Crippen LogP) is -0.630. The number of anilines is 1. The largest absolute Gasteiger partial charge is 0.595 e. The second-order valence-electron chi connectivity index (χ2n) is 2.42. The van der Waals surface area contributed by atoms with Crippen LogP contribution in [0.4, 0.5) is 11.4 Å². The molecule has 1 rings (SSSR count). The van der Waals surface area contributed by atoms with Crippen LogP contribution < -0.4 is 11.0 Å². The molecule has 0 saturated heterocycles. The Morgan fingerprint density at radius 3 is 2.62 bits per heavy atom. The third-order valence-electron chi connectivity index (χ3n) is 1.50. The maximum Gasteiger partial charge on any atom is 0.341 e. The van der Waals surface area contributed by atoms with E-state index in [1.807, 2.05) is 0 Å². The Kier molecular flexibility index (Phi) is 2.47. The van der Waals surface area contributed by atoms with Gasteiger partial charge in [0, 0.05) is 11.8 Å². The lowest BCUT2D eigenvalue weighted by Gasteiger charge is -2.13. The van der Waals surface area contributed by atoms with Gasteiger partial charge in [-0.3, -0.25) is 0 Å². The van der Waals surface area contributed by atoms with Crippen molar-refractivity contribution in [2.24, 2.45) is 0 Å². The SMILES string of the molecule is Nc1ccc([NH+]([O-])O)c(C(=O)O)c1. The van der Waals surface area contributed by atoms with Crippen molar-refractivity contribution in [2.45, 2.75) is 0 Å². The smallest absolute Gasteiger partial charge is 0.341 e. The first-order valence-corrected chi connectivity index (χ1v) is 3.38. The molecule has 0 spiro atoms. The molecule has 1 aromatic carbocycles. The average molecular weight is 184 g/mol. The molecule has 0 saturated carbocycles. The number of carboxylic acid groups (broad SMARTS) is 1. The number of nitrogens with one attached hydrogen (secondary N) is 1. The zero-order chi connectivity index (χ0) is 10.0. The van der Waals surface area contributed by atoms with Gasteiger partial charge in [0.2, 0.25) is 0 Å². The number of carboxylic acids is 1. The van der Waals surface area contributed by atoms with E-state index in [1.165, 1.54) is 12.1 Å². The van der Waals surface area contributed by atoms with Crippen molar-refractivity contribution in [3.8, 4) is 0 Å². The Morgan fingerprint density at radius 2 is 2.15 bits per heavy atom. The average Bonchev–Trinajstić information content (AvgIpc) is 2.03. The van der Waals surface area contributed by atoms with Crippen LogP contribution in [-0.4, -0.2) is 16.3 Å². The number of carbonyl (C=O) groups is 1. The van der Waals surface area contributed by atoms with Gasteiger partial charge in [-0.15, -0.1) is 0 Å². The van der Waals surface area contributed by atoms with Crippen LogP contribution in [0.15, 0.2) is 18.2 Å². The standard InChI is InChI=1S/C7H8N2O4/c8-4-1-2-6(9(12)13)5(3-4)7(10)11/h1-3,9,12H,8H2,(H,10,11). The monoisotopic (exact) mass is 184 g/mol. The van der Waals surface area contributed by atoms with Gasteiger partial charge in [-0.2, -0.15) is 5.23 Å². The molecule has 1 atom stereocenters. The summed E-state index contributed by atoms with van der Waals surface area (Å²) < 4.78 is 0. The Hall–Kier alpha value is -1.63. The van der Waals surface area contributed by atoms with E-state index in [-0.39, 0.29) is 16.9 Å². The quantitative estimate of drug-likeness (QED) is 0.361. The lowest BCUT2D eigenvalue weighted by atomic mass is 10.1. The summed E-state index contributed by atoms with van der Waals surface area (Å²) in [6.07, 6.45) is 0. The summed E-state index contributed by atoms with van der Waals surface area (Å²) in [5.74, 6) is -1.30. The Bertz CT molecular complexity index is 337. The van der Waals surface area contributed by atoms with Crippen LogP contribution in [0.1, 0.15) is 10.4 Å². The molecule has 0 aliphatic heterocycles. The third-order valence-corrected chi connectivity index (χ3v) is 1.50. The maximum atomic E-state index is 10.6. The lowest BCUT2D eigenvalue weighted by Crippen LogP contribution is -2.99. The van der Waals surface area contributed by atoms with Crippen LogP contribution in [0, 0.1) is 5.21 Å². The van der Waals surface area contributed by atoms with E-state index in [2.05, 4.69) is 0 Å². The molecule has 0 aromatic heterocycles. The topological polar surface area (TPSA) is 111 Å². The van der Waals surface area contributed by atoms with Crippen molar-refractivity contribution in [1.29, 1.82) is 0 Å². The molecule has 6 heteroatoms. The highest BCUT2D eigenvalue weighted by Crippen LogP contribution is 2.14. The zero-order valence-electron chi connectivity index (χ0n) is 6.52. The number of nitrogen functional groups attached to an aromatic ring is 1. The lowest BCUT2D eigenvalue weighted by molar-refractivity contribution is -0.991. The van der Waals surface area contributed by atoms with E-state index in [0.29, 0.717) is 0 Å². The molecular formula is C7H8N2O4. The molecule has 0 heterocycles. The minimum atomic E-state index is -1.30. The summed E-state index contributed by atoms with van der Waals surface area (Å²) in [5, 5.41) is 26.5. The van der Waals surface area contributed by atoms with Gasteiger partial charge in [-0.05, 0) is 12.1 Å². The van der Waals surface area contributed by atoms with Gasteiger partial charge in [0.15, 0.2) is 5.69 Å². The third kappa shape index (κ3) is 1.94. The van der Waals surface area contributed by atoms with Crippen LogP contribution in [-0.2, 0) is 0 Å². The van der Waals surface area contributed by atoms with Gasteiger partial charge in [0.1, 0.15) is 5.56 Å². The maximum absolute atomic E-state index is 10.6. The van der Waals surface area contributed by atoms with Crippen molar-refractivity contribution < 1.29 is 20.3 Å². The van der Waals surface area contributed by atoms with Gasteiger partial charge in [-0.25, -0.2) is 10.0 Å². The minimum Gasteiger partial charge on any atom is -0.595 e. The van der Waals surface area contributed by atoms with Crippen molar-refractivity contribution in [3.63, 3.8) is 0 Å². The number of hydrogen-bond donors (Lipinski definition) is 4. The molecule has 0 amide bonds. The predicted molar refractivity (Wildman–Crippen MR) is 43.6 cm³/mol. The molecule has 0 fully saturated rings. The summed E-state index contributed by atoms with van der Waals surface area (Å²) in [6.45, 7) is 0. The molecule has 0 aliphatic rings. The van der Waals surface area contributed by atoms with E-state index < -0.39 is 11.2 Å². The fraction of sp³-hybridized carbons (Fsp3) is 0. The normalized spacial score (nSPS) is 12.5. The molecule has 0 radical (unpaired) electrons. The first kappa shape index (κ1) is 9.46. The summed E-state index contributed by atoms with van der Waals surface area (Å²) >= 11 is 0. The highest BCUT2D eigenvalue weighted by molar-refractivity contribution is 5.93. The first-order chi connectivity index (χ1) is 6.02. The van der Waals surface area contributed by atoms with Crippen molar-refractivity contribution in [2.75, 3.05) is 5.73 Å². The van der Waals surface area contributed by atoms with E-state index in [4.69, 9.17) is 16.0 Å². The van der Waals surface area contributed by atoms with Gasteiger partial charge < -0.3 is 16.0 Å². The minimum absolute atomic E-state index is 0.224. The number of benzene rings is 1. The molecule has 1 aromatic rings. The highest BCUT2D eigenvalue weighted by Gasteiger charge is 2.15. The van der Waals surface area contributed by atoms with Crippen molar-refractivity contribution in [3.05, 3.63) is 29.0 Å². The van der Waals surface area contributed by atoms with Crippen molar-refractivity contribution in [1.82, 2.24) is 0 Å². The van der Waals surface area contributed by atoms with Gasteiger partial charge in [0.05, 0.1) is 0 Å². The van der Waals surface area contributed by atoms with Crippen LogP contribution in [0.25, 0.3) is 0 Å². The molecule has 1 unspecified atom stereocenters. The zero-order valence-corrected chi connectivity index (χ0v) is 6.52. The van der Waals surface area contributed by atoms with Crippen LogP contribution in [0.5, 0.6) is 0 Å². The molecule has 70 valence electrons. The van der Waals surface area contributed by atoms with Crippen molar-refractivity contribution >= 4 is 17.3 Å². The Balaban J connectivity index is 3.27. The van der Waals surface area contributed by atoms with E-state index in [9.17, 15) is 10.0 Å². The second-order valence-corrected chi connectivity index (χ2v) is 2.42. The van der Waals surface area contributed by atoms with Crippen LogP contribution in [0.3, 0.4) is 0 Å². The second kappa shape index (κ2) is 3.40. The van der Waals surface area contributed by atoms with Gasteiger partial charge >= 0.3 is 5.97 Å². The highest BCUT2D eigenvalue weighted by atomic mass is 16.8. The summed E-state index contributed by atoms with van der Waals surface area (Å²) in [5.41, 5.74) is 4.97. The molecule has 0 bridgehead atoms. The summed E-state index contributed by atoms with van der Waals surface area (Å²) in [7, 11) is 0. The van der Waals surface area contributed by atoms with Crippen LogP contribution in [0.2, 0.25) is 0 Å². The Morgan fingerprint density at radius 1 is 1.54 bits per heavy atom. The molecule has 0 aliphatic carbocycles. The van der Waals surface area contributed by atoms with E-state index >= 15 is 0 Å². The van der Waals surface area contributed by atoms with Gasteiger partial charge in [0.25, 0.3) is 0 Å². The number of rotatable bonds is 2. The molecule has 6 nitrogen and oxygen atoms in total. The van der Waals surface area contributed by atoms with E-state index in [1.54, 1.807) is 0 Å². The number of hydrogen-bond acceptors (Lipinski definition) is 4. The first-order valence-electron chi connectivity index (χ1n) is 3.38. The fourth-order valence-electron chi connectivity index (χ4n) is 0.925. The fourth-order valence-corrected chi connectivity index (χ4v) is 0.925.